The molecule has 0 aliphatic carbocycles. The van der Waals surface area contributed by atoms with Gasteiger partial charge in [-0.25, -0.2) is 0 Å². The van der Waals surface area contributed by atoms with Crippen molar-refractivity contribution in [1.29, 1.82) is 0 Å². The number of carbonyl (C=O) groups excluding carboxylic acids is 1. The fourth-order valence-electron chi connectivity index (χ4n) is 1.38. The minimum absolute atomic E-state index is 0.0868. The number of carbonyl (C=O) groups is 1. The zero-order valence-corrected chi connectivity index (χ0v) is 10.1. The third-order valence-electron chi connectivity index (χ3n) is 2.20. The van der Waals surface area contributed by atoms with Crippen LogP contribution in [0, 0.1) is 10.1 Å². The second-order valence-corrected chi connectivity index (χ2v) is 3.90. The summed E-state index contributed by atoms with van der Waals surface area (Å²) >= 11 is 0. The lowest BCUT2D eigenvalue weighted by Crippen LogP contribution is -2.20. The molecule has 1 rings (SSSR count). The monoisotopic (exact) mass is 253 g/mol. The van der Waals surface area contributed by atoms with Gasteiger partial charge in [-0.3, -0.25) is 14.9 Å². The van der Waals surface area contributed by atoms with Gasteiger partial charge in [0, 0.05) is 25.1 Å². The van der Waals surface area contributed by atoms with Gasteiger partial charge in [-0.15, -0.1) is 0 Å². The number of nitro groups is 1. The van der Waals surface area contributed by atoms with E-state index < -0.39 is 4.92 Å². The van der Waals surface area contributed by atoms with E-state index in [4.69, 9.17) is 5.11 Å². The van der Waals surface area contributed by atoms with Crippen molar-refractivity contribution in [2.75, 3.05) is 17.2 Å². The molecule has 0 saturated carbocycles. The average molecular weight is 253 g/mol. The molecule has 0 bridgehead atoms. The summed E-state index contributed by atoms with van der Waals surface area (Å²) in [5.74, 6) is -0.324. The SMILES string of the molecule is CC(=O)Nc1cc([N+](=O)[O-])ccc1NC(C)CO. The first kappa shape index (κ1) is 13.9. The van der Waals surface area contributed by atoms with Crippen LogP contribution in [0.3, 0.4) is 0 Å². The number of nitrogens with zero attached hydrogens (tertiary/aromatic N) is 1. The van der Waals surface area contributed by atoms with Crippen molar-refractivity contribution in [2.45, 2.75) is 19.9 Å². The van der Waals surface area contributed by atoms with Crippen LogP contribution >= 0.6 is 0 Å². The Labute approximate surface area is 104 Å². The Hall–Kier alpha value is -2.15. The Morgan fingerprint density at radius 2 is 2.17 bits per heavy atom. The molecule has 98 valence electrons. The maximum atomic E-state index is 11.0. The largest absolute Gasteiger partial charge is 0.394 e. The van der Waals surface area contributed by atoms with Crippen molar-refractivity contribution in [3.63, 3.8) is 0 Å². The van der Waals surface area contributed by atoms with Gasteiger partial charge in [0.25, 0.3) is 5.69 Å². The molecule has 7 heteroatoms. The molecule has 7 nitrogen and oxygen atoms in total. The molecule has 0 aromatic heterocycles. The molecule has 1 aromatic rings. The summed E-state index contributed by atoms with van der Waals surface area (Å²) in [4.78, 5) is 21.2. The van der Waals surface area contributed by atoms with Gasteiger partial charge in [0.05, 0.1) is 22.9 Å². The van der Waals surface area contributed by atoms with Crippen LogP contribution in [0.25, 0.3) is 0 Å². The number of nitro benzene ring substituents is 1. The lowest BCUT2D eigenvalue weighted by molar-refractivity contribution is -0.384. The molecule has 18 heavy (non-hydrogen) atoms. The number of nitrogens with one attached hydrogen (secondary N) is 2. The highest BCUT2D eigenvalue weighted by Crippen LogP contribution is 2.27. The first-order valence-electron chi connectivity index (χ1n) is 5.37. The van der Waals surface area contributed by atoms with Gasteiger partial charge < -0.3 is 15.7 Å². The third kappa shape index (κ3) is 3.70. The quantitative estimate of drug-likeness (QED) is 0.542. The zero-order chi connectivity index (χ0) is 13.7. The smallest absolute Gasteiger partial charge is 0.271 e. The predicted molar refractivity (Wildman–Crippen MR) is 67.6 cm³/mol. The van der Waals surface area contributed by atoms with Crippen LogP contribution in [-0.4, -0.2) is 28.6 Å². The van der Waals surface area contributed by atoms with Crippen LogP contribution < -0.4 is 10.6 Å². The Morgan fingerprint density at radius 3 is 2.67 bits per heavy atom. The van der Waals surface area contributed by atoms with Gasteiger partial charge in [0.1, 0.15) is 0 Å². The summed E-state index contributed by atoms with van der Waals surface area (Å²) in [7, 11) is 0. The molecule has 0 aliphatic rings. The van der Waals surface area contributed by atoms with Crippen molar-refractivity contribution in [2.24, 2.45) is 0 Å². The number of amides is 1. The molecule has 0 saturated heterocycles. The van der Waals surface area contributed by atoms with Gasteiger partial charge in [-0.1, -0.05) is 0 Å². The number of benzene rings is 1. The average Bonchev–Trinajstić information content (AvgIpc) is 2.30. The van der Waals surface area contributed by atoms with E-state index in [1.165, 1.54) is 25.1 Å². The van der Waals surface area contributed by atoms with Crippen molar-refractivity contribution < 1.29 is 14.8 Å². The maximum Gasteiger partial charge on any atom is 0.271 e. The highest BCUT2D eigenvalue weighted by molar-refractivity contribution is 5.93. The van der Waals surface area contributed by atoms with Crippen molar-refractivity contribution in [3.8, 4) is 0 Å². The van der Waals surface area contributed by atoms with Crippen LogP contribution in [0.4, 0.5) is 17.1 Å². The lowest BCUT2D eigenvalue weighted by atomic mass is 10.2. The van der Waals surface area contributed by atoms with Crippen LogP contribution in [0.2, 0.25) is 0 Å². The van der Waals surface area contributed by atoms with E-state index in [0.29, 0.717) is 11.4 Å². The summed E-state index contributed by atoms with van der Waals surface area (Å²) < 4.78 is 0. The highest BCUT2D eigenvalue weighted by atomic mass is 16.6. The molecular weight excluding hydrogens is 238 g/mol. The van der Waals surface area contributed by atoms with Crippen molar-refractivity contribution >= 4 is 23.0 Å². The number of hydrogen-bond donors (Lipinski definition) is 3. The molecule has 0 fully saturated rings. The van der Waals surface area contributed by atoms with E-state index in [1.807, 2.05) is 0 Å². The van der Waals surface area contributed by atoms with E-state index in [0.717, 1.165) is 0 Å². The second-order valence-electron chi connectivity index (χ2n) is 3.90. The van der Waals surface area contributed by atoms with Crippen LogP contribution in [0.15, 0.2) is 18.2 Å². The number of anilines is 2. The molecule has 1 amide bonds. The summed E-state index contributed by atoms with van der Waals surface area (Å²) in [6.45, 7) is 2.98. The number of aliphatic hydroxyl groups excluding tert-OH is 1. The topological polar surface area (TPSA) is 104 Å². The predicted octanol–water partition coefficient (Wildman–Crippen LogP) is 1.35. The molecule has 3 N–H and O–H groups in total. The molecular formula is C11H15N3O4. The van der Waals surface area contributed by atoms with E-state index in [9.17, 15) is 14.9 Å². The second kappa shape index (κ2) is 5.97. The molecule has 0 heterocycles. The Balaban J connectivity index is 3.07. The fraction of sp³-hybridized carbons (Fsp3) is 0.364. The summed E-state index contributed by atoms with van der Waals surface area (Å²) in [6, 6.07) is 3.88. The molecule has 0 spiro atoms. The zero-order valence-electron chi connectivity index (χ0n) is 10.1. The molecule has 1 atom stereocenters. The molecule has 0 radical (unpaired) electrons. The van der Waals surface area contributed by atoms with Gasteiger partial charge in [-0.2, -0.15) is 0 Å². The first-order valence-corrected chi connectivity index (χ1v) is 5.37. The van der Waals surface area contributed by atoms with Crippen LogP contribution in [0.5, 0.6) is 0 Å². The van der Waals surface area contributed by atoms with Gasteiger partial charge in [-0.05, 0) is 13.0 Å². The van der Waals surface area contributed by atoms with Gasteiger partial charge in [0.15, 0.2) is 0 Å². The highest BCUT2D eigenvalue weighted by Gasteiger charge is 2.13. The number of hydrogen-bond acceptors (Lipinski definition) is 5. The minimum Gasteiger partial charge on any atom is -0.394 e. The Bertz CT molecular complexity index is 462. The first-order chi connectivity index (χ1) is 8.43. The van der Waals surface area contributed by atoms with Crippen LogP contribution in [-0.2, 0) is 4.79 Å². The lowest BCUT2D eigenvalue weighted by Gasteiger charge is -2.16. The minimum atomic E-state index is -0.537. The standard InChI is InChI=1S/C11H15N3O4/c1-7(6-15)12-10-4-3-9(14(17)18)5-11(10)13-8(2)16/h3-5,7,12,15H,6H2,1-2H3,(H,13,16). The molecule has 1 aromatic carbocycles. The van der Waals surface area contributed by atoms with Gasteiger partial charge >= 0.3 is 0 Å². The maximum absolute atomic E-state index is 11.0. The summed E-state index contributed by atoms with van der Waals surface area (Å²) in [5.41, 5.74) is 0.732. The van der Waals surface area contributed by atoms with E-state index in [1.54, 1.807) is 6.92 Å². The van der Waals surface area contributed by atoms with Crippen LogP contribution in [0.1, 0.15) is 13.8 Å². The Morgan fingerprint density at radius 1 is 1.50 bits per heavy atom. The third-order valence-corrected chi connectivity index (χ3v) is 2.20. The normalized spacial score (nSPS) is 11.7. The number of non-ortho nitro benzene ring substituents is 1. The van der Waals surface area contributed by atoms with E-state index >= 15 is 0 Å². The fourth-order valence-corrected chi connectivity index (χ4v) is 1.38. The van der Waals surface area contributed by atoms with Crippen molar-refractivity contribution in [1.82, 2.24) is 0 Å². The van der Waals surface area contributed by atoms with E-state index in [2.05, 4.69) is 10.6 Å². The molecule has 0 aliphatic heterocycles. The number of rotatable bonds is 5. The van der Waals surface area contributed by atoms with Gasteiger partial charge in [0.2, 0.25) is 5.91 Å². The summed E-state index contributed by atoms with van der Waals surface area (Å²) in [5, 5.41) is 25.1. The van der Waals surface area contributed by atoms with Crippen molar-refractivity contribution in [3.05, 3.63) is 28.3 Å². The summed E-state index contributed by atoms with van der Waals surface area (Å²) in [6.07, 6.45) is 0. The number of aliphatic hydroxyl groups is 1. The molecule has 1 unspecified atom stereocenters. The Kier molecular flexibility index (Phi) is 4.61. The van der Waals surface area contributed by atoms with E-state index in [-0.39, 0.29) is 24.2 Å².